The molecule has 3 aromatic rings. The van der Waals surface area contributed by atoms with Gasteiger partial charge < -0.3 is 10.7 Å². The summed E-state index contributed by atoms with van der Waals surface area (Å²) in [4.78, 5) is 13.1. The normalized spacial score (nSPS) is 18.5. The van der Waals surface area contributed by atoms with Crippen molar-refractivity contribution in [3.63, 3.8) is 0 Å². The Morgan fingerprint density at radius 1 is 1.26 bits per heavy atom. The van der Waals surface area contributed by atoms with Crippen molar-refractivity contribution in [3.05, 3.63) is 69.4 Å². The van der Waals surface area contributed by atoms with Crippen molar-refractivity contribution in [1.29, 1.82) is 0 Å². The average molecular weight is 465 g/mol. The van der Waals surface area contributed by atoms with Crippen LogP contribution in [0.25, 0.3) is 0 Å². The number of carbonyl (C=O) groups excluding carboxylic acids is 1. The summed E-state index contributed by atoms with van der Waals surface area (Å²) in [5.74, 6) is 0.589. The Bertz CT molecular complexity index is 997. The van der Waals surface area contributed by atoms with E-state index in [1.165, 1.54) is 11.8 Å². The lowest BCUT2D eigenvalue weighted by molar-refractivity contribution is -0.116. The smallest absolute Gasteiger partial charge is 0.240 e. The number of rotatable bonds is 3. The van der Waals surface area contributed by atoms with Gasteiger partial charge in [0.25, 0.3) is 0 Å². The molecule has 0 fully saturated rings. The summed E-state index contributed by atoms with van der Waals surface area (Å²) >= 11 is 11.0. The lowest BCUT2D eigenvalue weighted by atomic mass is 10.0. The van der Waals surface area contributed by atoms with Crippen LogP contribution in [-0.2, 0) is 4.79 Å². The first kappa shape index (κ1) is 18.3. The number of carbonyl (C=O) groups is 1. The van der Waals surface area contributed by atoms with Crippen molar-refractivity contribution < 1.29 is 4.79 Å². The SMILES string of the molecule is Cc1nnc2n1N[C@@H](c1ccccc1)[C@@H](C(=O)Nc1ccc(Br)cc1Cl)S2. The highest BCUT2D eigenvalue weighted by atomic mass is 79.9. The molecule has 0 aliphatic carbocycles. The van der Waals surface area contributed by atoms with Crippen LogP contribution in [0, 0.1) is 6.92 Å². The summed E-state index contributed by atoms with van der Waals surface area (Å²) < 4.78 is 2.67. The van der Waals surface area contributed by atoms with Crippen LogP contribution in [0.1, 0.15) is 17.4 Å². The maximum absolute atomic E-state index is 13.1. The van der Waals surface area contributed by atoms with Crippen LogP contribution in [-0.4, -0.2) is 26.0 Å². The zero-order chi connectivity index (χ0) is 19.0. The number of fused-ring (bicyclic) bond motifs is 1. The molecule has 0 saturated carbocycles. The fraction of sp³-hybridized carbons (Fsp3) is 0.167. The van der Waals surface area contributed by atoms with Crippen LogP contribution in [0.5, 0.6) is 0 Å². The Hall–Kier alpha value is -2.03. The van der Waals surface area contributed by atoms with Crippen LogP contribution in [0.3, 0.4) is 0 Å². The fourth-order valence-corrected chi connectivity index (χ4v) is 4.71. The van der Waals surface area contributed by atoms with Gasteiger partial charge in [-0.3, -0.25) is 4.79 Å². The molecular formula is C18H15BrClN5OS. The number of nitrogens with zero attached hydrogens (tertiary/aromatic N) is 3. The highest BCUT2D eigenvalue weighted by Crippen LogP contribution is 2.38. The van der Waals surface area contributed by atoms with Crippen molar-refractivity contribution in [2.45, 2.75) is 23.4 Å². The lowest BCUT2D eigenvalue weighted by Crippen LogP contribution is -2.41. The molecule has 2 N–H and O–H groups in total. The molecule has 9 heteroatoms. The molecule has 4 rings (SSSR count). The van der Waals surface area contributed by atoms with Crippen LogP contribution in [0.2, 0.25) is 5.02 Å². The van der Waals surface area contributed by atoms with Crippen LogP contribution in [0.4, 0.5) is 5.69 Å². The summed E-state index contributed by atoms with van der Waals surface area (Å²) in [6.07, 6.45) is 0. The van der Waals surface area contributed by atoms with E-state index in [0.717, 1.165) is 15.9 Å². The van der Waals surface area contributed by atoms with Gasteiger partial charge in [-0.25, -0.2) is 4.68 Å². The summed E-state index contributed by atoms with van der Waals surface area (Å²) in [6.45, 7) is 1.87. The minimum absolute atomic E-state index is 0.155. The monoisotopic (exact) mass is 463 g/mol. The molecule has 0 radical (unpaired) electrons. The first-order valence-electron chi connectivity index (χ1n) is 8.19. The van der Waals surface area contributed by atoms with E-state index in [9.17, 15) is 4.79 Å². The highest BCUT2D eigenvalue weighted by molar-refractivity contribution is 9.10. The van der Waals surface area contributed by atoms with Crippen molar-refractivity contribution in [1.82, 2.24) is 14.9 Å². The number of nitrogens with one attached hydrogen (secondary N) is 2. The highest BCUT2D eigenvalue weighted by Gasteiger charge is 2.37. The van der Waals surface area contributed by atoms with E-state index in [1.807, 2.05) is 48.0 Å². The molecular weight excluding hydrogens is 450 g/mol. The van der Waals surface area contributed by atoms with E-state index >= 15 is 0 Å². The van der Waals surface area contributed by atoms with Gasteiger partial charge in [-0.15, -0.1) is 10.2 Å². The van der Waals surface area contributed by atoms with Gasteiger partial charge in [0.1, 0.15) is 11.1 Å². The van der Waals surface area contributed by atoms with Crippen molar-refractivity contribution >= 4 is 50.9 Å². The van der Waals surface area contributed by atoms with Gasteiger partial charge in [-0.05, 0) is 30.7 Å². The second-order valence-corrected chi connectivity index (χ2v) is 8.47. The number of hydrogen-bond acceptors (Lipinski definition) is 5. The van der Waals surface area contributed by atoms with Crippen LogP contribution >= 0.6 is 39.3 Å². The predicted octanol–water partition coefficient (Wildman–Crippen LogP) is 4.40. The maximum atomic E-state index is 13.1. The zero-order valence-electron chi connectivity index (χ0n) is 14.2. The molecule has 1 aromatic heterocycles. The van der Waals surface area contributed by atoms with Gasteiger partial charge in [-0.2, -0.15) is 0 Å². The number of anilines is 1. The van der Waals surface area contributed by atoms with E-state index < -0.39 is 5.25 Å². The van der Waals surface area contributed by atoms with Gasteiger partial charge in [0, 0.05) is 4.47 Å². The molecule has 0 saturated heterocycles. The molecule has 6 nitrogen and oxygen atoms in total. The van der Waals surface area contributed by atoms with Crippen molar-refractivity contribution in [3.8, 4) is 0 Å². The molecule has 2 heterocycles. The molecule has 1 amide bonds. The molecule has 138 valence electrons. The Balaban J connectivity index is 1.66. The van der Waals surface area contributed by atoms with Crippen molar-refractivity contribution in [2.24, 2.45) is 0 Å². The molecule has 27 heavy (non-hydrogen) atoms. The van der Waals surface area contributed by atoms with Crippen LogP contribution < -0.4 is 10.7 Å². The first-order valence-corrected chi connectivity index (χ1v) is 10.2. The van der Waals surface area contributed by atoms with E-state index in [2.05, 4.69) is 36.9 Å². The number of aromatic nitrogens is 3. The van der Waals surface area contributed by atoms with Crippen LogP contribution in [0.15, 0.2) is 58.2 Å². The number of benzene rings is 2. The topological polar surface area (TPSA) is 71.8 Å². The van der Waals surface area contributed by atoms with Gasteiger partial charge in [-0.1, -0.05) is 69.6 Å². The zero-order valence-corrected chi connectivity index (χ0v) is 17.3. The first-order chi connectivity index (χ1) is 13.0. The summed E-state index contributed by atoms with van der Waals surface area (Å²) in [5, 5.41) is 11.9. The molecule has 1 aliphatic rings. The van der Waals surface area contributed by atoms with Crippen molar-refractivity contribution in [2.75, 3.05) is 10.7 Å². The number of thioether (sulfide) groups is 1. The number of hydrogen-bond donors (Lipinski definition) is 2. The van der Waals surface area contributed by atoms with Gasteiger partial charge in [0.05, 0.1) is 16.8 Å². The molecule has 0 unspecified atom stereocenters. The molecule has 1 aliphatic heterocycles. The second-order valence-electron chi connectivity index (χ2n) is 6.03. The third-order valence-electron chi connectivity index (χ3n) is 4.20. The van der Waals surface area contributed by atoms with E-state index in [-0.39, 0.29) is 11.9 Å². The Kier molecular flexibility index (Phi) is 5.12. The maximum Gasteiger partial charge on any atom is 0.240 e. The van der Waals surface area contributed by atoms with Gasteiger partial charge >= 0.3 is 0 Å². The van der Waals surface area contributed by atoms with E-state index in [0.29, 0.717) is 15.9 Å². The Morgan fingerprint density at radius 2 is 2.04 bits per heavy atom. The Labute approximate surface area is 173 Å². The number of amides is 1. The van der Waals surface area contributed by atoms with Gasteiger partial charge in [0.2, 0.25) is 11.1 Å². The summed E-state index contributed by atoms with van der Waals surface area (Å²) in [5.41, 5.74) is 4.95. The quantitative estimate of drug-likeness (QED) is 0.601. The van der Waals surface area contributed by atoms with E-state index in [4.69, 9.17) is 11.6 Å². The molecule has 2 atom stereocenters. The Morgan fingerprint density at radius 3 is 2.78 bits per heavy atom. The molecule has 0 spiro atoms. The molecule has 2 aromatic carbocycles. The largest absolute Gasteiger partial charge is 0.324 e. The fourth-order valence-electron chi connectivity index (χ4n) is 2.87. The van der Waals surface area contributed by atoms with E-state index in [1.54, 1.807) is 12.1 Å². The number of aryl methyl sites for hydroxylation is 1. The third-order valence-corrected chi connectivity index (χ3v) is 6.23. The average Bonchev–Trinajstić information content (AvgIpc) is 3.04. The minimum Gasteiger partial charge on any atom is -0.324 e. The van der Waals surface area contributed by atoms with Gasteiger partial charge in [0.15, 0.2) is 0 Å². The third kappa shape index (κ3) is 3.69. The predicted molar refractivity (Wildman–Crippen MR) is 111 cm³/mol. The second kappa shape index (κ2) is 7.53. The number of halogens is 2. The summed E-state index contributed by atoms with van der Waals surface area (Å²) in [7, 11) is 0. The minimum atomic E-state index is -0.441. The lowest BCUT2D eigenvalue weighted by Gasteiger charge is -2.32. The molecule has 0 bridgehead atoms. The summed E-state index contributed by atoms with van der Waals surface area (Å²) in [6, 6.07) is 15.0. The standard InChI is InChI=1S/C18H15BrClN5OS/c1-10-22-23-18-25(10)24-15(11-5-3-2-4-6-11)16(27-18)17(26)21-14-8-7-12(19)9-13(14)20/h2-9,15-16,24H,1H3,(H,21,26)/t15-,16-/m0/s1.